The lowest BCUT2D eigenvalue weighted by atomic mass is 9.92. The van der Waals surface area contributed by atoms with Crippen molar-refractivity contribution in [1.29, 1.82) is 0 Å². The lowest BCUT2D eigenvalue weighted by Crippen LogP contribution is -2.29. The van der Waals surface area contributed by atoms with E-state index < -0.39 is 17.7 Å². The zero-order valence-corrected chi connectivity index (χ0v) is 23.6. The maximum Gasteiger partial charge on any atom is 0.295 e. The molecule has 1 fully saturated rings. The number of methoxy groups -OCH3 is 3. The van der Waals surface area contributed by atoms with Crippen LogP contribution in [0.25, 0.3) is 5.76 Å². The number of carbonyl (C=O) groups excluding carboxylic acids is 2. The fourth-order valence-electron chi connectivity index (χ4n) is 4.92. The Morgan fingerprint density at radius 2 is 1.60 bits per heavy atom. The maximum atomic E-state index is 13.6. The number of benzene rings is 2. The summed E-state index contributed by atoms with van der Waals surface area (Å²) >= 11 is 0. The van der Waals surface area contributed by atoms with Crippen molar-refractivity contribution in [2.45, 2.75) is 39.3 Å². The second kappa shape index (κ2) is 12.1. The van der Waals surface area contributed by atoms with Crippen LogP contribution in [0.1, 0.15) is 55.0 Å². The van der Waals surface area contributed by atoms with Gasteiger partial charge in [-0.05, 0) is 72.0 Å². The molecule has 0 spiro atoms. The van der Waals surface area contributed by atoms with Crippen LogP contribution < -0.4 is 18.9 Å². The van der Waals surface area contributed by atoms with Crippen LogP contribution >= 0.6 is 0 Å². The average molecular weight is 547 g/mol. The number of rotatable bonds is 10. The van der Waals surface area contributed by atoms with Gasteiger partial charge >= 0.3 is 0 Å². The van der Waals surface area contributed by atoms with Gasteiger partial charge in [0.2, 0.25) is 5.75 Å². The van der Waals surface area contributed by atoms with E-state index in [1.807, 2.05) is 20.8 Å². The molecule has 0 aliphatic carbocycles. The van der Waals surface area contributed by atoms with Gasteiger partial charge in [0.05, 0.1) is 39.6 Å². The Morgan fingerprint density at radius 3 is 2.15 bits per heavy atom. The summed E-state index contributed by atoms with van der Waals surface area (Å²) in [6.07, 6.45) is 3.24. The Hall–Kier alpha value is -4.53. The number of aliphatic hydroxyl groups excluding tert-OH is 1. The van der Waals surface area contributed by atoms with Crippen LogP contribution in [-0.2, 0) is 16.1 Å². The van der Waals surface area contributed by atoms with Crippen molar-refractivity contribution in [1.82, 2.24) is 9.88 Å². The van der Waals surface area contributed by atoms with E-state index >= 15 is 0 Å². The van der Waals surface area contributed by atoms with Crippen LogP contribution in [0.4, 0.5) is 0 Å². The molecule has 1 N–H and O–H groups in total. The van der Waals surface area contributed by atoms with Crippen LogP contribution in [-0.4, -0.2) is 54.6 Å². The third-order valence-corrected chi connectivity index (χ3v) is 6.85. The van der Waals surface area contributed by atoms with Crippen molar-refractivity contribution in [2.75, 3.05) is 27.9 Å². The zero-order chi connectivity index (χ0) is 29.0. The van der Waals surface area contributed by atoms with Crippen LogP contribution in [0.2, 0.25) is 0 Å². The molecule has 4 rings (SSSR count). The van der Waals surface area contributed by atoms with Gasteiger partial charge in [0.25, 0.3) is 11.7 Å². The Balaban J connectivity index is 1.95. The summed E-state index contributed by atoms with van der Waals surface area (Å²) in [5.41, 5.74) is 2.54. The second-order valence-electron chi connectivity index (χ2n) is 9.58. The number of hydrogen-bond donors (Lipinski definition) is 1. The highest BCUT2D eigenvalue weighted by molar-refractivity contribution is 6.46. The molecule has 3 aromatic rings. The summed E-state index contributed by atoms with van der Waals surface area (Å²) in [6.45, 7) is 6.55. The Bertz CT molecular complexity index is 1410. The molecule has 0 saturated carbocycles. The van der Waals surface area contributed by atoms with E-state index in [2.05, 4.69) is 4.98 Å². The highest BCUT2D eigenvalue weighted by Gasteiger charge is 2.46. The first-order chi connectivity index (χ1) is 19.2. The van der Waals surface area contributed by atoms with Crippen molar-refractivity contribution in [3.63, 3.8) is 0 Å². The standard InChI is InChI=1S/C31H34N2O7/c1-7-40-23-9-8-20(14-22(23)18(2)3)28(34)26-27(21-15-24(37-4)30(39-6)25(16-21)38-5)33(31(36)29(26)35)17-19-10-12-32-13-11-19/h8-16,18,27,34H,7,17H2,1-6H3/b28-26+. The van der Waals surface area contributed by atoms with Crippen LogP contribution in [0.15, 0.2) is 60.4 Å². The van der Waals surface area contributed by atoms with Gasteiger partial charge in [-0.2, -0.15) is 0 Å². The SMILES string of the molecule is CCOc1ccc(/C(O)=C2\C(=O)C(=O)N(Cc3ccncc3)C2c2cc(OC)c(OC)c(OC)c2)cc1C(C)C. The van der Waals surface area contributed by atoms with Crippen molar-refractivity contribution in [3.05, 3.63) is 82.7 Å². The highest BCUT2D eigenvalue weighted by Crippen LogP contribution is 2.46. The van der Waals surface area contributed by atoms with E-state index in [4.69, 9.17) is 18.9 Å². The number of ether oxygens (including phenoxy) is 4. The molecule has 210 valence electrons. The number of ketones is 1. The predicted molar refractivity (Wildman–Crippen MR) is 150 cm³/mol. The van der Waals surface area contributed by atoms with Crippen LogP contribution in [0.5, 0.6) is 23.0 Å². The Kier molecular flexibility index (Phi) is 8.62. The minimum atomic E-state index is -0.934. The Morgan fingerprint density at radius 1 is 0.950 bits per heavy atom. The van der Waals surface area contributed by atoms with Crippen LogP contribution in [0.3, 0.4) is 0 Å². The van der Waals surface area contributed by atoms with Gasteiger partial charge in [0.15, 0.2) is 11.5 Å². The van der Waals surface area contributed by atoms with E-state index in [1.54, 1.807) is 54.9 Å². The van der Waals surface area contributed by atoms with Gasteiger partial charge < -0.3 is 29.0 Å². The molecule has 1 aliphatic rings. The molecule has 1 aliphatic heterocycles. The fraction of sp³-hybridized carbons (Fsp3) is 0.323. The topological polar surface area (TPSA) is 107 Å². The van der Waals surface area contributed by atoms with Gasteiger partial charge in [-0.25, -0.2) is 0 Å². The first-order valence-electron chi connectivity index (χ1n) is 13.0. The molecular weight excluding hydrogens is 512 g/mol. The number of aromatic nitrogens is 1. The van der Waals surface area contributed by atoms with Crippen molar-refractivity contribution in [3.8, 4) is 23.0 Å². The number of pyridine rings is 1. The van der Waals surface area contributed by atoms with E-state index in [-0.39, 0.29) is 23.8 Å². The largest absolute Gasteiger partial charge is 0.507 e. The first-order valence-corrected chi connectivity index (χ1v) is 13.0. The van der Waals surface area contributed by atoms with Crippen molar-refractivity contribution >= 4 is 17.4 Å². The number of likely N-dealkylation sites (tertiary alicyclic amines) is 1. The third kappa shape index (κ3) is 5.32. The van der Waals surface area contributed by atoms with Gasteiger partial charge in [0, 0.05) is 24.5 Å². The van der Waals surface area contributed by atoms with E-state index in [9.17, 15) is 14.7 Å². The van der Waals surface area contributed by atoms with Gasteiger partial charge in [-0.1, -0.05) is 13.8 Å². The second-order valence-corrected chi connectivity index (χ2v) is 9.58. The number of aliphatic hydroxyl groups is 1. The number of Topliss-reactive ketones (excluding diaryl/α,β-unsaturated/α-hetero) is 1. The molecule has 2 aromatic carbocycles. The average Bonchev–Trinajstić information content (AvgIpc) is 3.21. The summed E-state index contributed by atoms with van der Waals surface area (Å²) in [6, 6.07) is 11.2. The van der Waals surface area contributed by atoms with Gasteiger partial charge in [0.1, 0.15) is 11.5 Å². The number of nitrogens with zero attached hydrogens (tertiary/aromatic N) is 2. The number of hydrogen-bond acceptors (Lipinski definition) is 8. The van der Waals surface area contributed by atoms with Gasteiger partial charge in [-0.3, -0.25) is 14.6 Å². The smallest absolute Gasteiger partial charge is 0.295 e. The monoisotopic (exact) mass is 546 g/mol. The predicted octanol–water partition coefficient (Wildman–Crippen LogP) is 5.25. The minimum absolute atomic E-state index is 0.0350. The lowest BCUT2D eigenvalue weighted by Gasteiger charge is -2.26. The minimum Gasteiger partial charge on any atom is -0.507 e. The molecule has 1 unspecified atom stereocenters. The molecule has 9 nitrogen and oxygen atoms in total. The molecule has 1 saturated heterocycles. The maximum absolute atomic E-state index is 13.6. The molecule has 9 heteroatoms. The van der Waals surface area contributed by atoms with E-state index in [0.29, 0.717) is 40.7 Å². The molecule has 0 bridgehead atoms. The molecule has 40 heavy (non-hydrogen) atoms. The summed E-state index contributed by atoms with van der Waals surface area (Å²) in [4.78, 5) is 32.6. The van der Waals surface area contributed by atoms with E-state index in [1.165, 1.54) is 26.2 Å². The third-order valence-electron chi connectivity index (χ3n) is 6.85. The van der Waals surface area contributed by atoms with Crippen molar-refractivity contribution in [2.24, 2.45) is 0 Å². The molecule has 1 amide bonds. The normalized spacial score (nSPS) is 16.4. The number of amides is 1. The summed E-state index contributed by atoms with van der Waals surface area (Å²) in [7, 11) is 4.47. The first kappa shape index (κ1) is 28.5. The molecule has 2 heterocycles. The molecule has 1 aromatic heterocycles. The van der Waals surface area contributed by atoms with Gasteiger partial charge in [-0.15, -0.1) is 0 Å². The highest BCUT2D eigenvalue weighted by atomic mass is 16.5. The molecule has 0 radical (unpaired) electrons. The molecular formula is C31H34N2O7. The zero-order valence-electron chi connectivity index (χ0n) is 23.6. The quantitative estimate of drug-likeness (QED) is 0.209. The molecule has 1 atom stereocenters. The van der Waals surface area contributed by atoms with Crippen LogP contribution in [0, 0.1) is 0 Å². The summed E-state index contributed by atoms with van der Waals surface area (Å²) in [5.74, 6) is 0.0799. The number of carbonyl (C=O) groups is 2. The lowest BCUT2D eigenvalue weighted by molar-refractivity contribution is -0.140. The van der Waals surface area contributed by atoms with E-state index in [0.717, 1.165) is 11.1 Å². The summed E-state index contributed by atoms with van der Waals surface area (Å²) < 4.78 is 22.3. The summed E-state index contributed by atoms with van der Waals surface area (Å²) in [5, 5.41) is 11.6. The Labute approximate surface area is 234 Å². The fourth-order valence-corrected chi connectivity index (χ4v) is 4.92. The van der Waals surface area contributed by atoms with Crippen molar-refractivity contribution < 1.29 is 33.6 Å².